The highest BCUT2D eigenvalue weighted by atomic mass is 19.1. The van der Waals surface area contributed by atoms with Gasteiger partial charge in [0, 0.05) is 13.1 Å². The van der Waals surface area contributed by atoms with Gasteiger partial charge < -0.3 is 14.4 Å². The number of nitrogens with zero attached hydrogens (tertiary/aromatic N) is 1. The number of morpholine rings is 1. The van der Waals surface area contributed by atoms with Gasteiger partial charge in [-0.05, 0) is 39.0 Å². The Kier molecular flexibility index (Phi) is 5.13. The van der Waals surface area contributed by atoms with Gasteiger partial charge in [-0.25, -0.2) is 4.39 Å². The highest BCUT2D eigenvalue weighted by molar-refractivity contribution is 5.96. The zero-order valence-corrected chi connectivity index (χ0v) is 13.0. The average molecular weight is 309 g/mol. The summed E-state index contributed by atoms with van der Waals surface area (Å²) in [5.41, 5.74) is 0.136. The molecule has 2 atom stereocenters. The first-order chi connectivity index (χ1) is 10.4. The Hall–Kier alpha value is -1.95. The van der Waals surface area contributed by atoms with Gasteiger partial charge in [0.2, 0.25) is 0 Å². The van der Waals surface area contributed by atoms with Crippen LogP contribution in [0.2, 0.25) is 0 Å². The standard InChI is InChI=1S/C16H20FNO4/c1-10-7-18(8-11(2)22-10)16(20)9-21-15-5-4-13(17)6-14(15)12(3)19/h4-6,10-11H,7-9H2,1-3H3. The predicted octanol–water partition coefficient (Wildman–Crippen LogP) is 2.04. The number of hydrogen-bond acceptors (Lipinski definition) is 4. The molecule has 1 aliphatic rings. The Bertz CT molecular complexity index is 565. The van der Waals surface area contributed by atoms with E-state index >= 15 is 0 Å². The van der Waals surface area contributed by atoms with E-state index in [-0.39, 0.29) is 41.8 Å². The van der Waals surface area contributed by atoms with Crippen molar-refractivity contribution in [3.05, 3.63) is 29.6 Å². The lowest BCUT2D eigenvalue weighted by molar-refractivity contribution is -0.145. The summed E-state index contributed by atoms with van der Waals surface area (Å²) in [4.78, 5) is 25.4. The number of halogens is 1. The zero-order valence-electron chi connectivity index (χ0n) is 13.0. The van der Waals surface area contributed by atoms with E-state index in [1.54, 1.807) is 4.90 Å². The largest absolute Gasteiger partial charge is 0.483 e. The molecule has 1 aromatic carbocycles. The van der Waals surface area contributed by atoms with Crippen LogP contribution in [-0.4, -0.2) is 48.5 Å². The van der Waals surface area contributed by atoms with Gasteiger partial charge in [0.1, 0.15) is 11.6 Å². The normalized spacial score (nSPS) is 21.5. The molecule has 0 spiro atoms. The van der Waals surface area contributed by atoms with Gasteiger partial charge in [0.05, 0.1) is 17.8 Å². The quantitative estimate of drug-likeness (QED) is 0.799. The summed E-state index contributed by atoms with van der Waals surface area (Å²) in [7, 11) is 0. The molecule has 1 heterocycles. The second-order valence-corrected chi connectivity index (χ2v) is 5.54. The van der Waals surface area contributed by atoms with Crippen LogP contribution in [0.25, 0.3) is 0 Å². The fraction of sp³-hybridized carbons (Fsp3) is 0.500. The van der Waals surface area contributed by atoms with E-state index in [4.69, 9.17) is 9.47 Å². The van der Waals surface area contributed by atoms with E-state index < -0.39 is 5.82 Å². The van der Waals surface area contributed by atoms with Crippen molar-refractivity contribution in [1.29, 1.82) is 0 Å². The average Bonchev–Trinajstić information content (AvgIpc) is 2.44. The van der Waals surface area contributed by atoms with Crippen LogP contribution in [0.1, 0.15) is 31.1 Å². The van der Waals surface area contributed by atoms with Crippen molar-refractivity contribution in [2.75, 3.05) is 19.7 Å². The van der Waals surface area contributed by atoms with Crippen LogP contribution >= 0.6 is 0 Å². The van der Waals surface area contributed by atoms with Gasteiger partial charge in [-0.2, -0.15) is 0 Å². The number of amides is 1. The molecule has 1 saturated heterocycles. The van der Waals surface area contributed by atoms with Gasteiger partial charge >= 0.3 is 0 Å². The summed E-state index contributed by atoms with van der Waals surface area (Å²) >= 11 is 0. The molecule has 0 aromatic heterocycles. The molecule has 2 rings (SSSR count). The number of ketones is 1. The molecule has 0 aliphatic carbocycles. The fourth-order valence-corrected chi connectivity index (χ4v) is 2.52. The molecule has 1 aromatic rings. The molecule has 0 saturated carbocycles. The van der Waals surface area contributed by atoms with Crippen molar-refractivity contribution < 1.29 is 23.5 Å². The highest BCUT2D eigenvalue weighted by Gasteiger charge is 2.26. The Morgan fingerprint density at radius 2 is 1.95 bits per heavy atom. The summed E-state index contributed by atoms with van der Waals surface area (Å²) in [6, 6.07) is 3.68. The molecule has 0 radical (unpaired) electrons. The molecule has 2 unspecified atom stereocenters. The van der Waals surface area contributed by atoms with Crippen LogP contribution in [-0.2, 0) is 9.53 Å². The maximum Gasteiger partial charge on any atom is 0.260 e. The molecule has 0 bridgehead atoms. The second-order valence-electron chi connectivity index (χ2n) is 5.54. The number of carbonyl (C=O) groups is 2. The van der Waals surface area contributed by atoms with Crippen molar-refractivity contribution in [3.63, 3.8) is 0 Å². The Balaban J connectivity index is 2.01. The third kappa shape index (κ3) is 4.04. The van der Waals surface area contributed by atoms with E-state index in [2.05, 4.69) is 0 Å². The Morgan fingerprint density at radius 1 is 1.32 bits per heavy atom. The van der Waals surface area contributed by atoms with Crippen molar-refractivity contribution in [2.45, 2.75) is 33.0 Å². The number of Topliss-reactive ketones (excluding diaryl/α,β-unsaturated/α-hetero) is 1. The fourth-order valence-electron chi connectivity index (χ4n) is 2.52. The van der Waals surface area contributed by atoms with Gasteiger partial charge in [-0.1, -0.05) is 0 Å². The maximum atomic E-state index is 13.2. The molecule has 0 N–H and O–H groups in total. The second kappa shape index (κ2) is 6.87. The number of hydrogen-bond donors (Lipinski definition) is 0. The topological polar surface area (TPSA) is 55.8 Å². The van der Waals surface area contributed by atoms with Crippen LogP contribution in [0.4, 0.5) is 4.39 Å². The molecule has 120 valence electrons. The van der Waals surface area contributed by atoms with E-state index in [0.29, 0.717) is 13.1 Å². The minimum absolute atomic E-state index is 0.0219. The minimum Gasteiger partial charge on any atom is -0.483 e. The van der Waals surface area contributed by atoms with Gasteiger partial charge in [-0.3, -0.25) is 9.59 Å². The lowest BCUT2D eigenvalue weighted by atomic mass is 10.1. The molecule has 1 fully saturated rings. The SMILES string of the molecule is CC(=O)c1cc(F)ccc1OCC(=O)N1CC(C)OC(C)C1. The van der Waals surface area contributed by atoms with Gasteiger partial charge in [-0.15, -0.1) is 0 Å². The zero-order chi connectivity index (χ0) is 16.3. The summed E-state index contributed by atoms with van der Waals surface area (Å²) in [6.07, 6.45) is -0.0439. The van der Waals surface area contributed by atoms with Crippen LogP contribution in [0, 0.1) is 5.82 Å². The van der Waals surface area contributed by atoms with Crippen LogP contribution in [0.15, 0.2) is 18.2 Å². The first kappa shape index (κ1) is 16.4. The monoisotopic (exact) mass is 309 g/mol. The maximum absolute atomic E-state index is 13.2. The molecular formula is C16H20FNO4. The lowest BCUT2D eigenvalue weighted by Gasteiger charge is -2.35. The van der Waals surface area contributed by atoms with Crippen LogP contribution in [0.5, 0.6) is 5.75 Å². The van der Waals surface area contributed by atoms with Crippen molar-refractivity contribution in [2.24, 2.45) is 0 Å². The Morgan fingerprint density at radius 3 is 2.55 bits per heavy atom. The highest BCUT2D eigenvalue weighted by Crippen LogP contribution is 2.20. The van der Waals surface area contributed by atoms with Gasteiger partial charge in [0.15, 0.2) is 12.4 Å². The van der Waals surface area contributed by atoms with Crippen LogP contribution in [0.3, 0.4) is 0 Å². The number of rotatable bonds is 4. The molecule has 5 nitrogen and oxygen atoms in total. The predicted molar refractivity (Wildman–Crippen MR) is 78.5 cm³/mol. The third-order valence-electron chi connectivity index (χ3n) is 3.44. The molecule has 1 aliphatic heterocycles. The molecule has 22 heavy (non-hydrogen) atoms. The summed E-state index contributed by atoms with van der Waals surface area (Å²) in [5.74, 6) is -0.785. The summed E-state index contributed by atoms with van der Waals surface area (Å²) in [5, 5.41) is 0. The number of carbonyl (C=O) groups excluding carboxylic acids is 2. The minimum atomic E-state index is -0.514. The van der Waals surface area contributed by atoms with Crippen molar-refractivity contribution in [1.82, 2.24) is 4.90 Å². The molecular weight excluding hydrogens is 289 g/mol. The van der Waals surface area contributed by atoms with E-state index in [1.807, 2.05) is 13.8 Å². The Labute approximate surface area is 129 Å². The molecule has 6 heteroatoms. The van der Waals surface area contributed by atoms with E-state index in [0.717, 1.165) is 6.07 Å². The lowest BCUT2D eigenvalue weighted by Crippen LogP contribution is -2.49. The van der Waals surface area contributed by atoms with Crippen molar-refractivity contribution >= 4 is 11.7 Å². The molecule has 1 amide bonds. The van der Waals surface area contributed by atoms with Crippen molar-refractivity contribution in [3.8, 4) is 5.75 Å². The number of ether oxygens (including phenoxy) is 2. The van der Waals surface area contributed by atoms with Crippen LogP contribution < -0.4 is 4.74 Å². The summed E-state index contributed by atoms with van der Waals surface area (Å²) < 4.78 is 24.2. The smallest absolute Gasteiger partial charge is 0.260 e. The van der Waals surface area contributed by atoms with E-state index in [1.165, 1.54) is 19.1 Å². The summed E-state index contributed by atoms with van der Waals surface area (Å²) in [6.45, 7) is 5.97. The number of benzene rings is 1. The van der Waals surface area contributed by atoms with E-state index in [9.17, 15) is 14.0 Å². The third-order valence-corrected chi connectivity index (χ3v) is 3.44. The first-order valence-electron chi connectivity index (χ1n) is 7.23. The van der Waals surface area contributed by atoms with Gasteiger partial charge in [0.25, 0.3) is 5.91 Å². The first-order valence-corrected chi connectivity index (χ1v) is 7.23.